The molecule has 3 heteroatoms. The van der Waals surface area contributed by atoms with Crippen LogP contribution in [-0.4, -0.2) is 33.4 Å². The van der Waals surface area contributed by atoms with Crippen molar-refractivity contribution in [3.8, 4) is 0 Å². The van der Waals surface area contributed by atoms with Crippen LogP contribution in [-0.2, 0) is 11.3 Å². The second kappa shape index (κ2) is 7.30. The Kier molecular flexibility index (Phi) is 6.01. The number of nitrogens with one attached hydrogen (secondary N) is 1. The monoisotopic (exact) mass is 236 g/mol. The van der Waals surface area contributed by atoms with Crippen molar-refractivity contribution in [3.63, 3.8) is 0 Å². The zero-order valence-electron chi connectivity index (χ0n) is 11.4. The van der Waals surface area contributed by atoms with Crippen molar-refractivity contribution in [2.45, 2.75) is 26.4 Å². The number of rotatable bonds is 7. The van der Waals surface area contributed by atoms with E-state index in [0.29, 0.717) is 6.04 Å². The molecule has 0 saturated heterocycles. The molecular weight excluding hydrogens is 212 g/mol. The third kappa shape index (κ3) is 4.36. The number of anilines is 1. The van der Waals surface area contributed by atoms with Gasteiger partial charge in [-0.2, -0.15) is 0 Å². The van der Waals surface area contributed by atoms with E-state index >= 15 is 0 Å². The molecule has 0 aliphatic heterocycles. The van der Waals surface area contributed by atoms with Gasteiger partial charge in [0, 0.05) is 31.9 Å². The molecule has 0 aliphatic carbocycles. The van der Waals surface area contributed by atoms with Crippen LogP contribution in [0.15, 0.2) is 24.3 Å². The molecule has 1 N–H and O–H groups in total. The van der Waals surface area contributed by atoms with Gasteiger partial charge in [-0.1, -0.05) is 12.1 Å². The number of methoxy groups -OCH3 is 1. The van der Waals surface area contributed by atoms with Crippen LogP contribution in [0.5, 0.6) is 0 Å². The van der Waals surface area contributed by atoms with Crippen molar-refractivity contribution in [2.24, 2.45) is 0 Å². The summed E-state index contributed by atoms with van der Waals surface area (Å²) in [4.78, 5) is 2.35. The Morgan fingerprint density at radius 1 is 1.24 bits per heavy atom. The molecule has 0 aromatic heterocycles. The smallest absolute Gasteiger partial charge is 0.0637 e. The van der Waals surface area contributed by atoms with Crippen LogP contribution in [0.25, 0.3) is 0 Å². The Hall–Kier alpha value is -1.06. The third-order valence-electron chi connectivity index (χ3n) is 2.81. The maximum Gasteiger partial charge on any atom is 0.0637 e. The van der Waals surface area contributed by atoms with E-state index in [-0.39, 0.29) is 0 Å². The summed E-state index contributed by atoms with van der Waals surface area (Å²) < 4.78 is 5.15. The quantitative estimate of drug-likeness (QED) is 0.786. The molecule has 0 fully saturated rings. The molecule has 0 amide bonds. The summed E-state index contributed by atoms with van der Waals surface area (Å²) >= 11 is 0. The highest BCUT2D eigenvalue weighted by Gasteiger charge is 2.09. The van der Waals surface area contributed by atoms with Crippen molar-refractivity contribution in [1.29, 1.82) is 0 Å². The van der Waals surface area contributed by atoms with Gasteiger partial charge >= 0.3 is 0 Å². The molecule has 0 spiro atoms. The zero-order valence-corrected chi connectivity index (χ0v) is 11.4. The molecule has 0 unspecified atom stereocenters. The average Bonchev–Trinajstić information content (AvgIpc) is 2.31. The third-order valence-corrected chi connectivity index (χ3v) is 2.81. The van der Waals surface area contributed by atoms with Crippen molar-refractivity contribution < 1.29 is 4.74 Å². The highest BCUT2D eigenvalue weighted by atomic mass is 16.5. The molecular formula is C14H24N2O. The van der Waals surface area contributed by atoms with Crippen LogP contribution < -0.4 is 10.2 Å². The minimum absolute atomic E-state index is 0.486. The summed E-state index contributed by atoms with van der Waals surface area (Å²) in [7, 11) is 3.71. The van der Waals surface area contributed by atoms with E-state index < -0.39 is 0 Å². The molecule has 0 radical (unpaired) electrons. The number of hydrogen-bond donors (Lipinski definition) is 1. The van der Waals surface area contributed by atoms with Gasteiger partial charge in [0.2, 0.25) is 0 Å². The largest absolute Gasteiger partial charge is 0.383 e. The molecule has 0 heterocycles. The van der Waals surface area contributed by atoms with Crippen molar-refractivity contribution >= 4 is 5.69 Å². The number of hydrogen-bond acceptors (Lipinski definition) is 3. The van der Waals surface area contributed by atoms with E-state index in [1.807, 2.05) is 7.05 Å². The maximum atomic E-state index is 5.15. The Balaban J connectivity index is 2.72. The Morgan fingerprint density at radius 2 is 1.88 bits per heavy atom. The summed E-state index contributed by atoms with van der Waals surface area (Å²) in [6, 6.07) is 9.20. The lowest BCUT2D eigenvalue weighted by Gasteiger charge is -2.28. The van der Waals surface area contributed by atoms with E-state index in [2.05, 4.69) is 48.3 Å². The lowest BCUT2D eigenvalue weighted by molar-refractivity contribution is 0.204. The maximum absolute atomic E-state index is 5.15. The highest BCUT2D eigenvalue weighted by Crippen LogP contribution is 2.17. The first kappa shape index (κ1) is 14.0. The fourth-order valence-electron chi connectivity index (χ4n) is 1.88. The molecule has 96 valence electrons. The summed E-state index contributed by atoms with van der Waals surface area (Å²) in [5.41, 5.74) is 2.57. The Bertz CT molecular complexity index is 309. The average molecular weight is 236 g/mol. The van der Waals surface area contributed by atoms with Gasteiger partial charge in [0.05, 0.1) is 6.61 Å². The predicted octanol–water partition coefficient (Wildman–Crippen LogP) is 2.27. The lowest BCUT2D eigenvalue weighted by Crippen LogP contribution is -2.33. The van der Waals surface area contributed by atoms with Crippen LogP contribution in [0.3, 0.4) is 0 Å². The lowest BCUT2D eigenvalue weighted by atomic mass is 10.1. The molecule has 0 saturated carbocycles. The Labute approximate surface area is 105 Å². The molecule has 1 aromatic rings. The SMILES string of the molecule is CNCc1ccc(N(CCOC)C(C)C)cc1. The van der Waals surface area contributed by atoms with Crippen LogP contribution in [0.1, 0.15) is 19.4 Å². The first-order valence-corrected chi connectivity index (χ1v) is 6.18. The minimum Gasteiger partial charge on any atom is -0.383 e. The van der Waals surface area contributed by atoms with Crippen molar-refractivity contribution in [1.82, 2.24) is 5.32 Å². The van der Waals surface area contributed by atoms with Crippen molar-refractivity contribution in [3.05, 3.63) is 29.8 Å². The predicted molar refractivity (Wildman–Crippen MR) is 73.6 cm³/mol. The van der Waals surface area contributed by atoms with E-state index in [4.69, 9.17) is 4.74 Å². The fraction of sp³-hybridized carbons (Fsp3) is 0.571. The van der Waals surface area contributed by atoms with Gasteiger partial charge in [-0.25, -0.2) is 0 Å². The van der Waals surface area contributed by atoms with Gasteiger partial charge in [-0.15, -0.1) is 0 Å². The Morgan fingerprint density at radius 3 is 2.35 bits per heavy atom. The standard InChI is InChI=1S/C14H24N2O/c1-12(2)16(9-10-17-4)14-7-5-13(6-8-14)11-15-3/h5-8,12,15H,9-11H2,1-4H3. The van der Waals surface area contributed by atoms with Gasteiger partial charge in [0.15, 0.2) is 0 Å². The summed E-state index contributed by atoms with van der Waals surface area (Å²) in [6.07, 6.45) is 0. The van der Waals surface area contributed by atoms with E-state index in [1.165, 1.54) is 11.3 Å². The number of ether oxygens (including phenoxy) is 1. The van der Waals surface area contributed by atoms with Crippen LogP contribution >= 0.6 is 0 Å². The van der Waals surface area contributed by atoms with Crippen LogP contribution in [0, 0.1) is 0 Å². The van der Waals surface area contributed by atoms with E-state index in [1.54, 1.807) is 7.11 Å². The summed E-state index contributed by atoms with van der Waals surface area (Å²) in [5.74, 6) is 0. The topological polar surface area (TPSA) is 24.5 Å². The van der Waals surface area contributed by atoms with Gasteiger partial charge in [-0.05, 0) is 38.6 Å². The van der Waals surface area contributed by atoms with Gasteiger partial charge in [-0.3, -0.25) is 0 Å². The van der Waals surface area contributed by atoms with Crippen molar-refractivity contribution in [2.75, 3.05) is 32.2 Å². The highest BCUT2D eigenvalue weighted by molar-refractivity contribution is 5.48. The molecule has 17 heavy (non-hydrogen) atoms. The molecule has 1 aromatic carbocycles. The van der Waals surface area contributed by atoms with Crippen LogP contribution in [0.2, 0.25) is 0 Å². The molecule has 3 nitrogen and oxygen atoms in total. The normalized spacial score (nSPS) is 10.9. The first-order valence-electron chi connectivity index (χ1n) is 6.18. The van der Waals surface area contributed by atoms with E-state index in [9.17, 15) is 0 Å². The van der Waals surface area contributed by atoms with Gasteiger partial charge in [0.1, 0.15) is 0 Å². The number of benzene rings is 1. The zero-order chi connectivity index (χ0) is 12.7. The first-order chi connectivity index (χ1) is 8.19. The van der Waals surface area contributed by atoms with Crippen LogP contribution in [0.4, 0.5) is 5.69 Å². The van der Waals surface area contributed by atoms with Gasteiger partial charge < -0.3 is 15.0 Å². The molecule has 0 aliphatic rings. The number of nitrogens with zero attached hydrogens (tertiary/aromatic N) is 1. The fourth-order valence-corrected chi connectivity index (χ4v) is 1.88. The minimum atomic E-state index is 0.486. The van der Waals surface area contributed by atoms with Gasteiger partial charge in [0.25, 0.3) is 0 Å². The second-order valence-electron chi connectivity index (χ2n) is 4.48. The molecule has 0 bridgehead atoms. The summed E-state index contributed by atoms with van der Waals surface area (Å²) in [5, 5.41) is 3.16. The summed E-state index contributed by atoms with van der Waals surface area (Å²) in [6.45, 7) is 7.02. The molecule has 1 rings (SSSR count). The molecule has 0 atom stereocenters. The second-order valence-corrected chi connectivity index (χ2v) is 4.48. The van der Waals surface area contributed by atoms with E-state index in [0.717, 1.165) is 19.7 Å².